The van der Waals surface area contributed by atoms with Crippen LogP contribution >= 0.6 is 0 Å². The first-order chi connectivity index (χ1) is 7.70. The van der Waals surface area contributed by atoms with Gasteiger partial charge in [0, 0.05) is 0 Å². The average molecular weight is 239 g/mol. The number of hydrogen-bond donors (Lipinski definition) is 3. The second kappa shape index (κ2) is 7.04. The van der Waals surface area contributed by atoms with E-state index in [1.165, 1.54) is 0 Å². The highest BCUT2D eigenvalue weighted by atomic mass is 16.4. The highest BCUT2D eigenvalue weighted by Gasteiger charge is 2.10. The van der Waals surface area contributed by atoms with E-state index in [-0.39, 0.29) is 0 Å². The molecule has 0 fully saturated rings. The zero-order valence-electron chi connectivity index (χ0n) is 10.6. The minimum Gasteiger partial charge on any atom is -0.480 e. The van der Waals surface area contributed by atoms with Crippen LogP contribution in [0.15, 0.2) is 30.3 Å². The van der Waals surface area contributed by atoms with E-state index >= 15 is 0 Å². The zero-order chi connectivity index (χ0) is 13.5. The molecular weight excluding hydrogens is 218 g/mol. The van der Waals surface area contributed by atoms with E-state index in [4.69, 9.17) is 15.9 Å². The predicted octanol–water partition coefficient (Wildman–Crippen LogP) is 1.42. The minimum absolute atomic E-state index is 0.385. The topological polar surface area (TPSA) is 83.5 Å². The van der Waals surface area contributed by atoms with Crippen molar-refractivity contribution >= 4 is 5.97 Å². The molecule has 0 heterocycles. The number of carboxylic acids is 1. The van der Waals surface area contributed by atoms with Crippen molar-refractivity contribution in [3.63, 3.8) is 0 Å². The first-order valence-corrected chi connectivity index (χ1v) is 5.45. The molecule has 4 nitrogen and oxygen atoms in total. The van der Waals surface area contributed by atoms with Crippen molar-refractivity contribution in [1.29, 1.82) is 0 Å². The van der Waals surface area contributed by atoms with Crippen molar-refractivity contribution in [3.05, 3.63) is 35.9 Å². The average Bonchev–Trinajstić information content (AvgIpc) is 2.16. The molecule has 1 aromatic rings. The number of aliphatic hydroxyl groups is 1. The molecule has 1 unspecified atom stereocenters. The van der Waals surface area contributed by atoms with Gasteiger partial charge in [-0.2, -0.15) is 0 Å². The van der Waals surface area contributed by atoms with Crippen molar-refractivity contribution in [2.24, 2.45) is 5.73 Å². The molecule has 0 amide bonds. The van der Waals surface area contributed by atoms with E-state index in [9.17, 15) is 4.79 Å². The summed E-state index contributed by atoms with van der Waals surface area (Å²) in [5, 5.41) is 17.0. The van der Waals surface area contributed by atoms with Crippen molar-refractivity contribution in [2.75, 3.05) is 0 Å². The fourth-order valence-electron chi connectivity index (χ4n) is 0.955. The van der Waals surface area contributed by atoms with E-state index in [1.54, 1.807) is 20.8 Å². The summed E-state index contributed by atoms with van der Waals surface area (Å²) in [6.45, 7) is 5.23. The normalized spacial score (nSPS) is 12.3. The van der Waals surface area contributed by atoms with Gasteiger partial charge in [-0.25, -0.2) is 0 Å². The molecule has 0 saturated heterocycles. The molecule has 0 saturated carbocycles. The second-order valence-corrected chi connectivity index (χ2v) is 4.81. The van der Waals surface area contributed by atoms with Crippen LogP contribution in [0, 0.1) is 0 Å². The van der Waals surface area contributed by atoms with Crippen LogP contribution in [0.2, 0.25) is 0 Å². The lowest BCUT2D eigenvalue weighted by atomic mass is 10.1. The molecule has 0 spiro atoms. The summed E-state index contributed by atoms with van der Waals surface area (Å²) in [6.07, 6.45) is 0.385. The third kappa shape index (κ3) is 10.9. The Labute approximate surface area is 102 Å². The van der Waals surface area contributed by atoms with Crippen molar-refractivity contribution in [2.45, 2.75) is 38.8 Å². The molecule has 0 radical (unpaired) electrons. The van der Waals surface area contributed by atoms with Crippen LogP contribution < -0.4 is 5.73 Å². The van der Waals surface area contributed by atoms with Gasteiger partial charge in [0.1, 0.15) is 6.04 Å². The quantitative estimate of drug-likeness (QED) is 0.745. The zero-order valence-corrected chi connectivity index (χ0v) is 10.6. The number of carboxylic acid groups (broad SMARTS) is 1. The summed E-state index contributed by atoms with van der Waals surface area (Å²) in [5.74, 6) is -0.959. The maximum atomic E-state index is 10.4. The predicted molar refractivity (Wildman–Crippen MR) is 67.7 cm³/mol. The molecule has 0 aliphatic rings. The lowest BCUT2D eigenvalue weighted by molar-refractivity contribution is -0.138. The van der Waals surface area contributed by atoms with Gasteiger partial charge < -0.3 is 15.9 Å². The molecule has 0 aromatic heterocycles. The fourth-order valence-corrected chi connectivity index (χ4v) is 0.955. The SMILES string of the molecule is CC(C)(C)O.NC(Cc1ccccc1)C(=O)O. The molecule has 96 valence electrons. The van der Waals surface area contributed by atoms with Crippen molar-refractivity contribution in [3.8, 4) is 0 Å². The van der Waals surface area contributed by atoms with Crippen molar-refractivity contribution < 1.29 is 15.0 Å². The van der Waals surface area contributed by atoms with Gasteiger partial charge in [-0.05, 0) is 32.8 Å². The Morgan fingerprint density at radius 1 is 1.29 bits per heavy atom. The third-order valence-electron chi connectivity index (χ3n) is 1.62. The van der Waals surface area contributed by atoms with Crippen LogP contribution in [0.4, 0.5) is 0 Å². The number of rotatable bonds is 3. The Morgan fingerprint density at radius 3 is 2.06 bits per heavy atom. The van der Waals surface area contributed by atoms with Crippen LogP contribution in [0.5, 0.6) is 0 Å². The Kier molecular flexibility index (Phi) is 6.46. The Balaban J connectivity index is 0.000000437. The summed E-state index contributed by atoms with van der Waals surface area (Å²) in [4.78, 5) is 10.4. The monoisotopic (exact) mass is 239 g/mol. The molecule has 1 aromatic carbocycles. The summed E-state index contributed by atoms with van der Waals surface area (Å²) in [5.41, 5.74) is 5.80. The lowest BCUT2D eigenvalue weighted by Crippen LogP contribution is -2.32. The van der Waals surface area contributed by atoms with Crippen LogP contribution in [-0.2, 0) is 11.2 Å². The first kappa shape index (κ1) is 15.6. The van der Waals surface area contributed by atoms with Gasteiger partial charge in [-0.3, -0.25) is 4.79 Å². The highest BCUT2D eigenvalue weighted by Crippen LogP contribution is 2.01. The van der Waals surface area contributed by atoms with E-state index < -0.39 is 17.6 Å². The van der Waals surface area contributed by atoms with E-state index in [1.807, 2.05) is 30.3 Å². The number of nitrogens with two attached hydrogens (primary N) is 1. The highest BCUT2D eigenvalue weighted by molar-refractivity contribution is 5.73. The molecule has 1 rings (SSSR count). The second-order valence-electron chi connectivity index (χ2n) is 4.81. The summed E-state index contributed by atoms with van der Waals surface area (Å²) < 4.78 is 0. The van der Waals surface area contributed by atoms with Gasteiger partial charge in [0.05, 0.1) is 5.60 Å². The Morgan fingerprint density at radius 2 is 1.71 bits per heavy atom. The molecule has 0 aliphatic heterocycles. The fraction of sp³-hybridized carbons (Fsp3) is 0.462. The summed E-state index contributed by atoms with van der Waals surface area (Å²) in [7, 11) is 0. The van der Waals surface area contributed by atoms with Gasteiger partial charge in [0.25, 0.3) is 0 Å². The molecule has 0 aliphatic carbocycles. The van der Waals surface area contributed by atoms with Crippen LogP contribution in [-0.4, -0.2) is 27.8 Å². The largest absolute Gasteiger partial charge is 0.480 e. The van der Waals surface area contributed by atoms with Crippen LogP contribution in [0.3, 0.4) is 0 Å². The Bertz CT molecular complexity index is 324. The Hall–Kier alpha value is -1.39. The third-order valence-corrected chi connectivity index (χ3v) is 1.62. The maximum Gasteiger partial charge on any atom is 0.320 e. The molecule has 17 heavy (non-hydrogen) atoms. The maximum absolute atomic E-state index is 10.4. The molecule has 1 atom stereocenters. The van der Waals surface area contributed by atoms with Gasteiger partial charge in [-0.15, -0.1) is 0 Å². The molecular formula is C13H21NO3. The van der Waals surface area contributed by atoms with E-state index in [2.05, 4.69) is 0 Å². The first-order valence-electron chi connectivity index (χ1n) is 5.45. The van der Waals surface area contributed by atoms with Crippen molar-refractivity contribution in [1.82, 2.24) is 0 Å². The van der Waals surface area contributed by atoms with Crippen LogP contribution in [0.1, 0.15) is 26.3 Å². The van der Waals surface area contributed by atoms with Crippen LogP contribution in [0.25, 0.3) is 0 Å². The van der Waals surface area contributed by atoms with Gasteiger partial charge in [0.15, 0.2) is 0 Å². The summed E-state index contributed by atoms with van der Waals surface area (Å²) in [6, 6.07) is 8.54. The number of aliphatic carboxylic acids is 1. The van der Waals surface area contributed by atoms with Gasteiger partial charge in [0.2, 0.25) is 0 Å². The smallest absolute Gasteiger partial charge is 0.320 e. The standard InChI is InChI=1S/C9H11NO2.C4H10O/c10-8(9(11)12)6-7-4-2-1-3-5-7;1-4(2,3)5/h1-5,8H,6,10H2,(H,11,12);5H,1-3H3. The molecule has 0 bridgehead atoms. The van der Waals surface area contributed by atoms with Gasteiger partial charge >= 0.3 is 5.97 Å². The van der Waals surface area contributed by atoms with Gasteiger partial charge in [-0.1, -0.05) is 30.3 Å². The minimum atomic E-state index is -0.959. The molecule has 4 N–H and O–H groups in total. The van der Waals surface area contributed by atoms with E-state index in [0.717, 1.165) is 5.56 Å². The summed E-state index contributed by atoms with van der Waals surface area (Å²) >= 11 is 0. The number of carbonyl (C=O) groups is 1. The molecule has 4 heteroatoms. The number of hydrogen-bond acceptors (Lipinski definition) is 3. The lowest BCUT2D eigenvalue weighted by Gasteiger charge is -2.04. The van der Waals surface area contributed by atoms with E-state index in [0.29, 0.717) is 6.42 Å². The number of benzene rings is 1.